The first kappa shape index (κ1) is 14.0. The summed E-state index contributed by atoms with van der Waals surface area (Å²) in [5.41, 5.74) is 0.801. The normalized spacial score (nSPS) is 21.7. The smallest absolute Gasteiger partial charge is 0.378 e. The van der Waals surface area contributed by atoms with E-state index < -0.39 is 23.1 Å². The Morgan fingerprint density at radius 3 is 2.57 bits per heavy atom. The first-order valence-electron chi connectivity index (χ1n) is 6.13. The molecule has 2 heterocycles. The number of esters is 1. The Bertz CT molecular complexity index is 765. The van der Waals surface area contributed by atoms with E-state index in [1.165, 1.54) is 18.3 Å². The Kier molecular flexibility index (Phi) is 3.19. The topological polar surface area (TPSA) is 66.8 Å². The van der Waals surface area contributed by atoms with E-state index in [1.807, 2.05) is 17.5 Å². The summed E-state index contributed by atoms with van der Waals surface area (Å²) >= 11 is 7.35. The number of halogens is 1. The minimum Gasteiger partial charge on any atom is -0.505 e. The summed E-state index contributed by atoms with van der Waals surface area (Å²) in [5, 5.41) is 21.5. The molecule has 0 spiro atoms. The number of aliphatic hydroxyl groups excluding tert-OH is 2. The number of carbonyl (C=O) groups excluding carboxylic acids is 1. The van der Waals surface area contributed by atoms with E-state index in [0.717, 1.165) is 11.1 Å². The monoisotopic (exact) mass is 322 g/mol. The number of thiophene rings is 1. The first-order chi connectivity index (χ1) is 9.93. The van der Waals surface area contributed by atoms with Gasteiger partial charge in [-0.1, -0.05) is 35.9 Å². The van der Waals surface area contributed by atoms with Crippen LogP contribution in [-0.2, 0) is 15.1 Å². The van der Waals surface area contributed by atoms with E-state index in [9.17, 15) is 15.0 Å². The molecule has 0 amide bonds. The van der Waals surface area contributed by atoms with Crippen molar-refractivity contribution >= 4 is 28.9 Å². The van der Waals surface area contributed by atoms with E-state index in [4.69, 9.17) is 16.3 Å². The molecule has 108 valence electrons. The van der Waals surface area contributed by atoms with E-state index in [0.29, 0.717) is 9.90 Å². The van der Waals surface area contributed by atoms with E-state index >= 15 is 0 Å². The molecule has 21 heavy (non-hydrogen) atoms. The Balaban J connectivity index is 2.19. The molecule has 1 atom stereocenters. The second-order valence-corrected chi connectivity index (χ2v) is 6.35. The number of aliphatic hydroxyl groups is 2. The summed E-state index contributed by atoms with van der Waals surface area (Å²) in [4.78, 5) is 11.5. The van der Waals surface area contributed by atoms with Gasteiger partial charge >= 0.3 is 5.97 Å². The Morgan fingerprint density at radius 2 is 2.00 bits per heavy atom. The number of benzene rings is 1. The van der Waals surface area contributed by atoms with Crippen LogP contribution in [0.15, 0.2) is 47.2 Å². The third-order valence-corrected chi connectivity index (χ3v) is 4.58. The fraction of sp³-hybridized carbons (Fsp3) is 0.133. The van der Waals surface area contributed by atoms with Crippen LogP contribution in [0.5, 0.6) is 0 Å². The summed E-state index contributed by atoms with van der Waals surface area (Å²) in [6, 6.07) is 8.99. The molecule has 1 aliphatic rings. The fourth-order valence-electron chi connectivity index (χ4n) is 2.39. The molecule has 4 nitrogen and oxygen atoms in total. The Morgan fingerprint density at radius 1 is 1.29 bits per heavy atom. The van der Waals surface area contributed by atoms with Crippen molar-refractivity contribution in [2.24, 2.45) is 0 Å². The maximum Gasteiger partial charge on any atom is 0.378 e. The fourth-order valence-corrected chi connectivity index (χ4v) is 3.27. The number of hydrogen-bond acceptors (Lipinski definition) is 5. The van der Waals surface area contributed by atoms with E-state index in [2.05, 4.69) is 0 Å². The zero-order valence-corrected chi connectivity index (χ0v) is 12.5. The van der Waals surface area contributed by atoms with Gasteiger partial charge in [-0.25, -0.2) is 4.79 Å². The quantitative estimate of drug-likeness (QED) is 0.814. The van der Waals surface area contributed by atoms with Gasteiger partial charge in [-0.2, -0.15) is 0 Å². The number of cyclic esters (lactones) is 1. The Labute approximate surface area is 129 Å². The minimum atomic E-state index is -1.41. The van der Waals surface area contributed by atoms with Gasteiger partial charge in [0.2, 0.25) is 5.76 Å². The molecule has 6 heteroatoms. The second kappa shape index (κ2) is 4.79. The van der Waals surface area contributed by atoms with Gasteiger partial charge in [0.15, 0.2) is 11.4 Å². The lowest BCUT2D eigenvalue weighted by atomic mass is 9.88. The summed E-state index contributed by atoms with van der Waals surface area (Å²) < 4.78 is 5.82. The maximum atomic E-state index is 11.5. The van der Waals surface area contributed by atoms with E-state index in [-0.39, 0.29) is 0 Å². The van der Waals surface area contributed by atoms with Crippen molar-refractivity contribution in [1.29, 1.82) is 0 Å². The molecule has 0 aliphatic carbocycles. The van der Waals surface area contributed by atoms with Gasteiger partial charge in [-0.05, 0) is 24.1 Å². The van der Waals surface area contributed by atoms with Crippen LogP contribution < -0.4 is 0 Å². The molecule has 2 aromatic rings. The van der Waals surface area contributed by atoms with Crippen LogP contribution in [0.3, 0.4) is 0 Å². The van der Waals surface area contributed by atoms with Gasteiger partial charge in [-0.15, -0.1) is 11.3 Å². The molecule has 1 unspecified atom stereocenters. The molecule has 0 radical (unpaired) electrons. The third-order valence-electron chi connectivity index (χ3n) is 3.49. The van der Waals surface area contributed by atoms with Crippen molar-refractivity contribution in [2.75, 3.05) is 0 Å². The predicted molar refractivity (Wildman–Crippen MR) is 80.5 cm³/mol. The van der Waals surface area contributed by atoms with Crippen molar-refractivity contribution in [3.8, 4) is 11.1 Å². The van der Waals surface area contributed by atoms with Crippen LogP contribution in [0.4, 0.5) is 0 Å². The lowest BCUT2D eigenvalue weighted by Crippen LogP contribution is -2.26. The lowest BCUT2D eigenvalue weighted by molar-refractivity contribution is -0.149. The summed E-state index contributed by atoms with van der Waals surface area (Å²) in [6.07, 6.45) is 0. The largest absolute Gasteiger partial charge is 0.505 e. The highest BCUT2D eigenvalue weighted by Gasteiger charge is 2.47. The zero-order valence-electron chi connectivity index (χ0n) is 11.0. The second-order valence-electron chi connectivity index (χ2n) is 4.81. The van der Waals surface area contributed by atoms with Crippen LogP contribution in [0.25, 0.3) is 11.1 Å². The third kappa shape index (κ3) is 2.09. The van der Waals surface area contributed by atoms with Crippen molar-refractivity contribution in [1.82, 2.24) is 0 Å². The van der Waals surface area contributed by atoms with Gasteiger partial charge < -0.3 is 14.9 Å². The van der Waals surface area contributed by atoms with E-state index in [1.54, 1.807) is 18.2 Å². The summed E-state index contributed by atoms with van der Waals surface area (Å²) in [6.45, 7) is 1.54. The Hall–Kier alpha value is -1.98. The number of ether oxygens (including phenoxy) is 1. The molecule has 1 aromatic heterocycles. The summed E-state index contributed by atoms with van der Waals surface area (Å²) in [7, 11) is 0. The highest BCUT2D eigenvalue weighted by molar-refractivity contribution is 7.14. The first-order valence-corrected chi connectivity index (χ1v) is 7.39. The molecule has 1 aromatic carbocycles. The van der Waals surface area contributed by atoms with Crippen molar-refractivity contribution in [3.05, 3.63) is 57.1 Å². The molecule has 0 saturated carbocycles. The van der Waals surface area contributed by atoms with Gasteiger partial charge in [0.05, 0.1) is 4.34 Å². The van der Waals surface area contributed by atoms with Crippen LogP contribution in [0.2, 0.25) is 4.34 Å². The van der Waals surface area contributed by atoms with Crippen LogP contribution >= 0.6 is 22.9 Å². The van der Waals surface area contributed by atoms with Crippen molar-refractivity contribution in [3.63, 3.8) is 0 Å². The van der Waals surface area contributed by atoms with Gasteiger partial charge in [-0.3, -0.25) is 0 Å². The van der Waals surface area contributed by atoms with Gasteiger partial charge in [0, 0.05) is 10.9 Å². The standard InChI is InChI=1S/C15H11ClO4S/c1-15(13(18)12(17)14(19)20-15)10-5-3-2-4-9(10)8-6-11(16)21-7-8/h2-7,17-18H,1H3. The lowest BCUT2D eigenvalue weighted by Gasteiger charge is -2.25. The molecule has 0 saturated heterocycles. The number of carbonyl (C=O) groups is 1. The average Bonchev–Trinajstić information content (AvgIpc) is 2.98. The van der Waals surface area contributed by atoms with Crippen LogP contribution in [0.1, 0.15) is 12.5 Å². The van der Waals surface area contributed by atoms with Crippen molar-refractivity contribution in [2.45, 2.75) is 12.5 Å². The molecular weight excluding hydrogens is 312 g/mol. The van der Waals surface area contributed by atoms with Gasteiger partial charge in [0.25, 0.3) is 0 Å². The number of rotatable bonds is 2. The molecule has 0 bridgehead atoms. The zero-order chi connectivity index (χ0) is 15.2. The van der Waals surface area contributed by atoms with Gasteiger partial charge in [0.1, 0.15) is 0 Å². The molecule has 0 fully saturated rings. The minimum absolute atomic E-state index is 0.485. The molecule has 1 aliphatic heterocycles. The molecular formula is C15H11ClO4S. The summed E-state index contributed by atoms with van der Waals surface area (Å²) in [5.74, 6) is -2.18. The number of hydrogen-bond donors (Lipinski definition) is 2. The van der Waals surface area contributed by atoms with Crippen LogP contribution in [-0.4, -0.2) is 16.2 Å². The highest BCUT2D eigenvalue weighted by atomic mass is 35.5. The SMILES string of the molecule is CC1(c2ccccc2-c2csc(Cl)c2)OC(=O)C(O)=C1O. The maximum absolute atomic E-state index is 11.5. The molecule has 3 rings (SSSR count). The average molecular weight is 323 g/mol. The predicted octanol–water partition coefficient (Wildman–Crippen LogP) is 4.17. The van der Waals surface area contributed by atoms with Crippen molar-refractivity contribution < 1.29 is 19.7 Å². The van der Waals surface area contributed by atoms with Crippen LogP contribution in [0, 0.1) is 0 Å². The highest BCUT2D eigenvalue weighted by Crippen LogP contribution is 2.44. The molecule has 2 N–H and O–H groups in total.